The predicted molar refractivity (Wildman–Crippen MR) is 61.1 cm³/mol. The molecule has 0 spiro atoms. The Labute approximate surface area is 101 Å². The second-order valence-electron chi connectivity index (χ2n) is 3.24. The molecule has 0 unspecified atom stereocenters. The number of urea groups is 1. The molecule has 6 heteroatoms. The Morgan fingerprint density at radius 1 is 1.19 bits per heavy atom. The first-order chi connectivity index (χ1) is 7.56. The lowest BCUT2D eigenvalue weighted by Crippen LogP contribution is -2.26. The minimum atomic E-state index is -0.625. The number of hydrogen-bond donors (Lipinski definition) is 1. The van der Waals surface area contributed by atoms with Gasteiger partial charge < -0.3 is 0 Å². The summed E-state index contributed by atoms with van der Waals surface area (Å²) < 4.78 is 0. The molecule has 16 heavy (non-hydrogen) atoms. The summed E-state index contributed by atoms with van der Waals surface area (Å²) in [4.78, 5) is 25.6. The number of carbonyl (C=O) groups is 2. The smallest absolute Gasteiger partial charge is 0.271 e. The van der Waals surface area contributed by atoms with Crippen LogP contribution in [-0.4, -0.2) is 17.6 Å². The monoisotopic (exact) mass is 256 g/mol. The summed E-state index contributed by atoms with van der Waals surface area (Å²) in [5.41, 5.74) is 0.960. The summed E-state index contributed by atoms with van der Waals surface area (Å²) in [7, 11) is 0. The molecule has 0 bridgehead atoms. The summed E-state index contributed by atoms with van der Waals surface area (Å²) in [6.45, 7) is 0. The number of imide groups is 1. The fraction of sp³-hybridized carbons (Fsp3) is 0.100. The number of carbonyl (C=O) groups excluding carboxylic acids is 2. The van der Waals surface area contributed by atoms with Crippen LogP contribution in [0.2, 0.25) is 10.0 Å². The summed E-state index contributed by atoms with van der Waals surface area (Å²) in [5.74, 6) is -0.462. The Kier molecular flexibility index (Phi) is 2.94. The maximum atomic E-state index is 11.2. The quantitative estimate of drug-likeness (QED) is 0.883. The molecular weight excluding hydrogens is 251 g/mol. The van der Waals surface area contributed by atoms with Gasteiger partial charge in [0.1, 0.15) is 5.71 Å². The molecule has 1 aliphatic heterocycles. The first-order valence-corrected chi connectivity index (χ1v) is 5.18. The van der Waals surface area contributed by atoms with E-state index in [9.17, 15) is 9.59 Å². The number of aliphatic imine (C=N–C) groups is 1. The Morgan fingerprint density at radius 2 is 1.94 bits per heavy atom. The highest BCUT2D eigenvalue weighted by Crippen LogP contribution is 2.23. The van der Waals surface area contributed by atoms with Crippen molar-refractivity contribution in [2.24, 2.45) is 4.99 Å². The minimum Gasteiger partial charge on any atom is -0.271 e. The Morgan fingerprint density at radius 3 is 2.50 bits per heavy atom. The number of nitrogens with zero attached hydrogens (tertiary/aromatic N) is 1. The van der Waals surface area contributed by atoms with Gasteiger partial charge in [0.25, 0.3) is 5.91 Å². The molecule has 1 aromatic rings. The number of benzene rings is 1. The van der Waals surface area contributed by atoms with E-state index in [2.05, 4.69) is 10.3 Å². The van der Waals surface area contributed by atoms with Gasteiger partial charge in [-0.1, -0.05) is 29.3 Å². The van der Waals surface area contributed by atoms with Crippen molar-refractivity contribution in [3.63, 3.8) is 0 Å². The fourth-order valence-electron chi connectivity index (χ4n) is 1.33. The van der Waals surface area contributed by atoms with Gasteiger partial charge in [-0.25, -0.2) is 4.79 Å². The van der Waals surface area contributed by atoms with Gasteiger partial charge in [-0.15, -0.1) is 0 Å². The van der Waals surface area contributed by atoms with Crippen LogP contribution in [0.3, 0.4) is 0 Å². The highest BCUT2D eigenvalue weighted by atomic mass is 35.5. The van der Waals surface area contributed by atoms with Crippen LogP contribution in [0.25, 0.3) is 0 Å². The molecule has 0 aromatic heterocycles. The Bertz CT molecular complexity index is 512. The molecule has 2 rings (SSSR count). The average molecular weight is 257 g/mol. The van der Waals surface area contributed by atoms with E-state index in [1.54, 1.807) is 18.2 Å². The van der Waals surface area contributed by atoms with Crippen molar-refractivity contribution in [2.75, 3.05) is 0 Å². The van der Waals surface area contributed by atoms with E-state index in [-0.39, 0.29) is 12.1 Å². The largest absolute Gasteiger partial charge is 0.348 e. The van der Waals surface area contributed by atoms with E-state index < -0.39 is 11.9 Å². The number of halogens is 2. The third-order valence-electron chi connectivity index (χ3n) is 2.07. The van der Waals surface area contributed by atoms with Crippen LogP contribution in [-0.2, 0) is 11.2 Å². The van der Waals surface area contributed by atoms with E-state index in [1.807, 2.05) is 0 Å². The van der Waals surface area contributed by atoms with Gasteiger partial charge in [-0.2, -0.15) is 4.99 Å². The third kappa shape index (κ3) is 2.23. The zero-order chi connectivity index (χ0) is 11.7. The van der Waals surface area contributed by atoms with Crippen molar-refractivity contribution in [3.05, 3.63) is 33.8 Å². The van der Waals surface area contributed by atoms with Gasteiger partial charge in [0, 0.05) is 6.42 Å². The average Bonchev–Trinajstić information content (AvgIpc) is 2.51. The van der Waals surface area contributed by atoms with Crippen LogP contribution >= 0.6 is 23.2 Å². The van der Waals surface area contributed by atoms with Gasteiger partial charge >= 0.3 is 6.03 Å². The van der Waals surface area contributed by atoms with Crippen LogP contribution in [0, 0.1) is 0 Å². The zero-order valence-electron chi connectivity index (χ0n) is 7.96. The normalized spacial score (nSPS) is 15.0. The lowest BCUT2D eigenvalue weighted by atomic mass is 10.1. The van der Waals surface area contributed by atoms with Gasteiger partial charge in [0.15, 0.2) is 0 Å². The lowest BCUT2D eigenvalue weighted by molar-refractivity contribution is -0.113. The van der Waals surface area contributed by atoms with Crippen LogP contribution < -0.4 is 5.32 Å². The molecule has 4 nitrogen and oxygen atoms in total. The second kappa shape index (κ2) is 4.23. The Balaban J connectivity index is 2.21. The standard InChI is InChI=1S/C10H6Cl2N2O2/c11-6-2-1-5(3-7(6)12)4-8-9(15)14-10(16)13-8/h1-3H,4H2,(H,14,15,16). The van der Waals surface area contributed by atoms with E-state index in [4.69, 9.17) is 23.2 Å². The van der Waals surface area contributed by atoms with Crippen molar-refractivity contribution in [2.45, 2.75) is 6.42 Å². The van der Waals surface area contributed by atoms with Crippen LogP contribution in [0.4, 0.5) is 4.79 Å². The van der Waals surface area contributed by atoms with Crippen molar-refractivity contribution in [1.82, 2.24) is 5.32 Å². The molecule has 0 aliphatic carbocycles. The van der Waals surface area contributed by atoms with Gasteiger partial charge in [-0.3, -0.25) is 10.1 Å². The summed E-state index contributed by atoms with van der Waals surface area (Å²) in [6, 6.07) is 4.38. The SMILES string of the molecule is O=C1N=C(Cc2ccc(Cl)c(Cl)c2)C(=O)N1. The summed E-state index contributed by atoms with van der Waals surface area (Å²) in [5, 5.41) is 2.92. The lowest BCUT2D eigenvalue weighted by Gasteiger charge is -2.01. The third-order valence-corrected chi connectivity index (χ3v) is 2.81. The van der Waals surface area contributed by atoms with E-state index >= 15 is 0 Å². The molecule has 3 amide bonds. The summed E-state index contributed by atoms with van der Waals surface area (Å²) >= 11 is 11.6. The first-order valence-electron chi connectivity index (χ1n) is 4.43. The molecule has 0 radical (unpaired) electrons. The highest BCUT2D eigenvalue weighted by molar-refractivity contribution is 6.46. The molecule has 0 fully saturated rings. The van der Waals surface area contributed by atoms with Crippen LogP contribution in [0.5, 0.6) is 0 Å². The molecule has 1 aliphatic rings. The van der Waals surface area contributed by atoms with Gasteiger partial charge in [0.05, 0.1) is 10.0 Å². The molecule has 82 valence electrons. The van der Waals surface area contributed by atoms with E-state index in [0.29, 0.717) is 10.0 Å². The Hall–Kier alpha value is -1.39. The maximum absolute atomic E-state index is 11.2. The zero-order valence-corrected chi connectivity index (χ0v) is 9.47. The van der Waals surface area contributed by atoms with Crippen LogP contribution in [0.15, 0.2) is 23.2 Å². The van der Waals surface area contributed by atoms with E-state index in [1.165, 1.54) is 0 Å². The highest BCUT2D eigenvalue weighted by Gasteiger charge is 2.22. The summed E-state index contributed by atoms with van der Waals surface area (Å²) in [6.07, 6.45) is 0.258. The molecule has 0 atom stereocenters. The van der Waals surface area contributed by atoms with Gasteiger partial charge in [0.2, 0.25) is 0 Å². The molecule has 1 aromatic carbocycles. The van der Waals surface area contributed by atoms with Crippen LogP contribution in [0.1, 0.15) is 5.56 Å². The second-order valence-corrected chi connectivity index (χ2v) is 4.06. The topological polar surface area (TPSA) is 58.5 Å². The molecule has 0 saturated heterocycles. The molecular formula is C10H6Cl2N2O2. The van der Waals surface area contributed by atoms with E-state index in [0.717, 1.165) is 5.56 Å². The first kappa shape index (κ1) is 11.1. The van der Waals surface area contributed by atoms with Crippen molar-refractivity contribution < 1.29 is 9.59 Å². The number of hydrogen-bond acceptors (Lipinski definition) is 2. The van der Waals surface area contributed by atoms with Gasteiger partial charge in [-0.05, 0) is 17.7 Å². The predicted octanol–water partition coefficient (Wildman–Crippen LogP) is 2.23. The molecule has 1 heterocycles. The maximum Gasteiger partial charge on any atom is 0.348 e. The number of nitrogens with one attached hydrogen (secondary N) is 1. The minimum absolute atomic E-state index is 0.184. The fourth-order valence-corrected chi connectivity index (χ4v) is 1.65. The number of amides is 3. The molecule has 1 N–H and O–H groups in total. The van der Waals surface area contributed by atoms with Crippen molar-refractivity contribution in [3.8, 4) is 0 Å². The number of rotatable bonds is 2. The molecule has 0 saturated carbocycles. The van der Waals surface area contributed by atoms with Crippen molar-refractivity contribution >= 4 is 40.9 Å². The van der Waals surface area contributed by atoms with Crippen molar-refractivity contribution in [1.29, 1.82) is 0 Å².